The normalized spacial score (nSPS) is 12.3. The molecule has 0 aromatic heterocycles. The number of amides is 2. The summed E-state index contributed by atoms with van der Waals surface area (Å²) in [6.07, 6.45) is 1.50. The topological polar surface area (TPSA) is 86.8 Å². The minimum Gasteiger partial charge on any atom is -0.354 e. The van der Waals surface area contributed by atoms with Gasteiger partial charge in [0.2, 0.25) is 21.8 Å². The van der Waals surface area contributed by atoms with E-state index in [1.54, 1.807) is 36.9 Å². The predicted octanol–water partition coefficient (Wildman–Crippen LogP) is 5.15. The standard InChI is InChI=1S/C26H35BrClN3O4S/c1-18(2)16-29-26(33)20(4)30(17-21-9-6-10-22(27)15-21)25(32)13-8-14-31(36(5,34)35)24-12-7-11-23(28)19(24)3/h6-7,9-12,15,18,20H,8,13-14,16-17H2,1-5H3,(H,29,33)/t20-/m0/s1. The molecule has 10 heteroatoms. The van der Waals surface area contributed by atoms with Crippen molar-refractivity contribution in [3.8, 4) is 0 Å². The van der Waals surface area contributed by atoms with E-state index in [1.807, 2.05) is 38.1 Å². The quantitative estimate of drug-likeness (QED) is 0.365. The molecule has 0 saturated heterocycles. The van der Waals surface area contributed by atoms with Gasteiger partial charge in [-0.3, -0.25) is 13.9 Å². The SMILES string of the molecule is Cc1c(Cl)cccc1N(CCCC(=O)N(Cc1cccc(Br)c1)[C@@H](C)C(=O)NCC(C)C)S(C)(=O)=O. The molecule has 0 fully saturated rings. The minimum absolute atomic E-state index is 0.0848. The van der Waals surface area contributed by atoms with Crippen molar-refractivity contribution in [2.75, 3.05) is 23.7 Å². The van der Waals surface area contributed by atoms with Crippen LogP contribution < -0.4 is 9.62 Å². The molecule has 0 heterocycles. The number of benzene rings is 2. The van der Waals surface area contributed by atoms with Crippen molar-refractivity contribution < 1.29 is 18.0 Å². The first-order valence-electron chi connectivity index (χ1n) is 11.9. The number of hydrogen-bond donors (Lipinski definition) is 1. The number of sulfonamides is 1. The van der Waals surface area contributed by atoms with Crippen molar-refractivity contribution in [2.45, 2.75) is 53.1 Å². The Labute approximate surface area is 228 Å². The summed E-state index contributed by atoms with van der Waals surface area (Å²) in [6, 6.07) is 12.0. The predicted molar refractivity (Wildman–Crippen MR) is 150 cm³/mol. The first-order valence-corrected chi connectivity index (χ1v) is 14.9. The van der Waals surface area contributed by atoms with E-state index in [-0.39, 0.29) is 43.7 Å². The van der Waals surface area contributed by atoms with E-state index in [9.17, 15) is 18.0 Å². The Bertz CT molecular complexity index is 1170. The average molecular weight is 601 g/mol. The van der Waals surface area contributed by atoms with E-state index in [0.29, 0.717) is 22.8 Å². The summed E-state index contributed by atoms with van der Waals surface area (Å²) >= 11 is 9.66. The summed E-state index contributed by atoms with van der Waals surface area (Å²) in [7, 11) is -3.59. The van der Waals surface area contributed by atoms with Crippen molar-refractivity contribution in [1.29, 1.82) is 0 Å². The van der Waals surface area contributed by atoms with Gasteiger partial charge in [-0.2, -0.15) is 0 Å². The van der Waals surface area contributed by atoms with E-state index in [2.05, 4.69) is 21.2 Å². The van der Waals surface area contributed by atoms with Gasteiger partial charge in [0.15, 0.2) is 0 Å². The van der Waals surface area contributed by atoms with Crippen molar-refractivity contribution in [2.24, 2.45) is 5.92 Å². The van der Waals surface area contributed by atoms with Crippen LogP contribution in [0.5, 0.6) is 0 Å². The molecule has 0 unspecified atom stereocenters. The van der Waals surface area contributed by atoms with Crippen molar-refractivity contribution in [3.05, 3.63) is 63.1 Å². The highest BCUT2D eigenvalue weighted by molar-refractivity contribution is 9.10. The highest BCUT2D eigenvalue weighted by Gasteiger charge is 2.27. The van der Waals surface area contributed by atoms with Crippen LogP contribution in [-0.2, 0) is 26.2 Å². The maximum absolute atomic E-state index is 13.4. The van der Waals surface area contributed by atoms with E-state index in [1.165, 1.54) is 4.31 Å². The lowest BCUT2D eigenvalue weighted by Crippen LogP contribution is -2.48. The monoisotopic (exact) mass is 599 g/mol. The molecule has 36 heavy (non-hydrogen) atoms. The van der Waals surface area contributed by atoms with Crippen molar-refractivity contribution >= 4 is 55.1 Å². The smallest absolute Gasteiger partial charge is 0.242 e. The van der Waals surface area contributed by atoms with Crippen molar-refractivity contribution in [1.82, 2.24) is 10.2 Å². The lowest BCUT2D eigenvalue weighted by molar-refractivity contribution is -0.140. The molecule has 0 aliphatic rings. The van der Waals surface area contributed by atoms with Crippen LogP contribution in [0.15, 0.2) is 46.9 Å². The van der Waals surface area contributed by atoms with Gasteiger partial charge in [-0.15, -0.1) is 0 Å². The fourth-order valence-electron chi connectivity index (χ4n) is 3.72. The Hall–Kier alpha value is -2.10. The largest absolute Gasteiger partial charge is 0.354 e. The van der Waals surface area contributed by atoms with Gasteiger partial charge in [0.05, 0.1) is 11.9 Å². The van der Waals surface area contributed by atoms with E-state index >= 15 is 0 Å². The Kier molecular flexibility index (Phi) is 11.3. The highest BCUT2D eigenvalue weighted by atomic mass is 79.9. The third-order valence-corrected chi connectivity index (χ3v) is 7.84. The zero-order valence-corrected chi connectivity index (χ0v) is 24.6. The minimum atomic E-state index is -3.59. The number of carbonyl (C=O) groups is 2. The average Bonchev–Trinajstić information content (AvgIpc) is 2.79. The molecule has 0 bridgehead atoms. The number of carbonyl (C=O) groups excluding carboxylic acids is 2. The molecule has 2 amide bonds. The van der Waals surface area contributed by atoms with Crippen LogP contribution in [0.4, 0.5) is 5.69 Å². The number of nitrogens with zero attached hydrogens (tertiary/aromatic N) is 2. The molecule has 1 atom stereocenters. The second kappa shape index (κ2) is 13.4. The zero-order chi connectivity index (χ0) is 27.0. The summed E-state index contributed by atoms with van der Waals surface area (Å²) in [4.78, 5) is 27.7. The Morgan fingerprint density at radius 2 is 1.78 bits per heavy atom. The second-order valence-electron chi connectivity index (χ2n) is 9.29. The fraction of sp³-hybridized carbons (Fsp3) is 0.462. The Morgan fingerprint density at radius 3 is 2.39 bits per heavy atom. The lowest BCUT2D eigenvalue weighted by atomic mass is 10.1. The molecule has 198 valence electrons. The van der Waals surface area contributed by atoms with Gasteiger partial charge in [0.1, 0.15) is 6.04 Å². The third kappa shape index (κ3) is 8.78. The summed E-state index contributed by atoms with van der Waals surface area (Å²) in [5.41, 5.74) is 2.03. The first-order chi connectivity index (χ1) is 16.8. The van der Waals surface area contributed by atoms with E-state index < -0.39 is 16.1 Å². The van der Waals surface area contributed by atoms with Gasteiger partial charge in [0, 0.05) is 35.6 Å². The lowest BCUT2D eigenvalue weighted by Gasteiger charge is -2.30. The van der Waals surface area contributed by atoms with Crippen LogP contribution in [-0.4, -0.2) is 50.5 Å². The maximum atomic E-state index is 13.4. The molecule has 0 spiro atoms. The molecule has 0 radical (unpaired) electrons. The van der Waals surface area contributed by atoms with Gasteiger partial charge in [-0.1, -0.05) is 59.6 Å². The first kappa shape index (κ1) is 30.1. The molecule has 0 aliphatic heterocycles. The molecular weight excluding hydrogens is 566 g/mol. The summed E-state index contributed by atoms with van der Waals surface area (Å²) < 4.78 is 27.2. The van der Waals surface area contributed by atoms with E-state index in [4.69, 9.17) is 11.6 Å². The number of rotatable bonds is 12. The van der Waals surface area contributed by atoms with Gasteiger partial charge < -0.3 is 10.2 Å². The number of halogens is 2. The van der Waals surface area contributed by atoms with Gasteiger partial charge in [0.25, 0.3) is 0 Å². The van der Waals surface area contributed by atoms with Crippen molar-refractivity contribution in [3.63, 3.8) is 0 Å². The maximum Gasteiger partial charge on any atom is 0.242 e. The molecule has 2 aromatic rings. The summed E-state index contributed by atoms with van der Waals surface area (Å²) in [5.74, 6) is -0.162. The number of hydrogen-bond acceptors (Lipinski definition) is 4. The Morgan fingerprint density at radius 1 is 1.11 bits per heavy atom. The number of nitrogens with one attached hydrogen (secondary N) is 1. The molecule has 1 N–H and O–H groups in total. The Balaban J connectivity index is 2.20. The highest BCUT2D eigenvalue weighted by Crippen LogP contribution is 2.28. The summed E-state index contributed by atoms with van der Waals surface area (Å²) in [6.45, 7) is 8.38. The molecule has 2 aromatic carbocycles. The van der Waals surface area contributed by atoms with Crippen LogP contribution in [0.2, 0.25) is 5.02 Å². The van der Waals surface area contributed by atoms with Gasteiger partial charge in [-0.05, 0) is 61.6 Å². The molecular formula is C26H35BrClN3O4S. The van der Waals surface area contributed by atoms with Gasteiger partial charge in [-0.25, -0.2) is 8.42 Å². The van der Waals surface area contributed by atoms with Crippen LogP contribution in [0.25, 0.3) is 0 Å². The molecule has 0 aliphatic carbocycles. The molecule has 7 nitrogen and oxygen atoms in total. The summed E-state index contributed by atoms with van der Waals surface area (Å²) in [5, 5.41) is 3.37. The van der Waals surface area contributed by atoms with Gasteiger partial charge >= 0.3 is 0 Å². The molecule has 0 saturated carbocycles. The van der Waals surface area contributed by atoms with Crippen LogP contribution in [0.3, 0.4) is 0 Å². The third-order valence-electron chi connectivity index (χ3n) is 5.75. The van der Waals surface area contributed by atoms with Crippen LogP contribution in [0, 0.1) is 12.8 Å². The van der Waals surface area contributed by atoms with E-state index in [0.717, 1.165) is 16.3 Å². The fourth-order valence-corrected chi connectivity index (χ4v) is 5.35. The van der Waals surface area contributed by atoms with Crippen LogP contribution in [0.1, 0.15) is 44.7 Å². The second-order valence-corrected chi connectivity index (χ2v) is 12.5. The van der Waals surface area contributed by atoms with Crippen LogP contribution >= 0.6 is 27.5 Å². The number of anilines is 1. The molecule has 2 rings (SSSR count). The zero-order valence-electron chi connectivity index (χ0n) is 21.4.